The van der Waals surface area contributed by atoms with Gasteiger partial charge in [-0.05, 0) is 25.3 Å². The molecule has 0 aliphatic heterocycles. The van der Waals surface area contributed by atoms with Gasteiger partial charge in [-0.1, -0.05) is 26.7 Å². The number of nitrogens with two attached hydrogens (primary N) is 3. The Hall–Kier alpha value is -3.52. The number of carboxylic acid groups (broad SMARTS) is 1. The largest absolute Gasteiger partial charge is 0.480 e. The van der Waals surface area contributed by atoms with Crippen molar-refractivity contribution in [2.75, 3.05) is 6.54 Å². The summed E-state index contributed by atoms with van der Waals surface area (Å²) in [5.41, 5.74) is 17.1. The molecule has 0 aliphatic carbocycles. The zero-order valence-corrected chi connectivity index (χ0v) is 20.7. The fourth-order valence-electron chi connectivity index (χ4n) is 3.36. The lowest BCUT2D eigenvalue weighted by molar-refractivity contribution is -0.144. The zero-order valence-electron chi connectivity index (χ0n) is 20.7. The molecule has 5 atom stereocenters. The Labute approximate surface area is 209 Å². The number of imidazole rings is 1. The van der Waals surface area contributed by atoms with Gasteiger partial charge in [-0.15, -0.1) is 0 Å². The van der Waals surface area contributed by atoms with Gasteiger partial charge < -0.3 is 43.2 Å². The summed E-state index contributed by atoms with van der Waals surface area (Å²) >= 11 is 0. The first-order valence-corrected chi connectivity index (χ1v) is 11.8. The van der Waals surface area contributed by atoms with Crippen LogP contribution in [0, 0.1) is 5.92 Å². The van der Waals surface area contributed by atoms with Gasteiger partial charge in [0.05, 0.1) is 18.8 Å². The predicted octanol–water partition coefficient (Wildman–Crippen LogP) is -2.13. The van der Waals surface area contributed by atoms with E-state index in [1.807, 2.05) is 0 Å². The van der Waals surface area contributed by atoms with E-state index in [2.05, 4.69) is 25.9 Å². The normalized spacial score (nSPS) is 15.1. The van der Waals surface area contributed by atoms with E-state index in [9.17, 15) is 29.1 Å². The number of carboxylic acids is 1. The number of aliphatic carboxylic acids is 1. The molecule has 0 aliphatic rings. The fourth-order valence-corrected chi connectivity index (χ4v) is 3.36. The molecule has 0 saturated carbocycles. The van der Waals surface area contributed by atoms with Gasteiger partial charge in [0, 0.05) is 18.3 Å². The van der Waals surface area contributed by atoms with Crippen molar-refractivity contribution < 1.29 is 29.1 Å². The van der Waals surface area contributed by atoms with Gasteiger partial charge in [-0.25, -0.2) is 9.78 Å². The van der Waals surface area contributed by atoms with Gasteiger partial charge >= 0.3 is 5.97 Å². The molecule has 4 amide bonds. The molecule has 0 fully saturated rings. The van der Waals surface area contributed by atoms with E-state index in [1.165, 1.54) is 12.5 Å². The maximum Gasteiger partial charge on any atom is 0.326 e. The monoisotopic (exact) mass is 510 g/mol. The number of carbonyl (C=O) groups is 5. The summed E-state index contributed by atoms with van der Waals surface area (Å²) in [6, 6.07) is -4.65. The number of unbranched alkanes of at least 4 members (excludes halogenated alkanes) is 1. The molecule has 1 heterocycles. The lowest BCUT2D eigenvalue weighted by Crippen LogP contribution is -2.59. The molecule has 1 rings (SSSR count). The Morgan fingerprint density at radius 2 is 1.72 bits per heavy atom. The predicted molar refractivity (Wildman–Crippen MR) is 130 cm³/mol. The number of hydrogen-bond donors (Lipinski definition) is 8. The van der Waals surface area contributed by atoms with Crippen LogP contribution in [0.3, 0.4) is 0 Å². The van der Waals surface area contributed by atoms with Gasteiger partial charge in [0.15, 0.2) is 0 Å². The zero-order chi connectivity index (χ0) is 27.3. The number of carbonyl (C=O) groups excluding carboxylic acids is 4. The van der Waals surface area contributed by atoms with Gasteiger partial charge in [0.1, 0.15) is 18.1 Å². The molecule has 36 heavy (non-hydrogen) atoms. The van der Waals surface area contributed by atoms with Crippen molar-refractivity contribution in [1.82, 2.24) is 25.9 Å². The Morgan fingerprint density at radius 3 is 2.25 bits per heavy atom. The highest BCUT2D eigenvalue weighted by molar-refractivity contribution is 5.95. The summed E-state index contributed by atoms with van der Waals surface area (Å²) in [5.74, 6) is -4.75. The Kier molecular flexibility index (Phi) is 13.1. The summed E-state index contributed by atoms with van der Waals surface area (Å²) in [5, 5.41) is 16.8. The number of aromatic amines is 1. The number of nitrogens with one attached hydrogen (secondary N) is 4. The summed E-state index contributed by atoms with van der Waals surface area (Å²) in [6.45, 7) is 3.96. The Bertz CT molecular complexity index is 878. The topological polar surface area (TPSA) is 248 Å². The van der Waals surface area contributed by atoms with Crippen molar-refractivity contribution in [3.63, 3.8) is 0 Å². The minimum absolute atomic E-state index is 0.0430. The lowest BCUT2D eigenvalue weighted by Gasteiger charge is -2.28. The van der Waals surface area contributed by atoms with Crippen LogP contribution in [0.25, 0.3) is 0 Å². The van der Waals surface area contributed by atoms with Crippen molar-refractivity contribution in [1.29, 1.82) is 0 Å². The van der Waals surface area contributed by atoms with Crippen LogP contribution < -0.4 is 33.2 Å². The molecule has 0 aromatic carbocycles. The highest BCUT2D eigenvalue weighted by Crippen LogP contribution is 2.11. The number of H-pyrrole nitrogens is 1. The number of primary amides is 1. The molecule has 14 nitrogen and oxygen atoms in total. The third kappa shape index (κ3) is 10.4. The highest BCUT2D eigenvalue weighted by atomic mass is 16.4. The number of hydrogen-bond acceptors (Lipinski definition) is 8. The van der Waals surface area contributed by atoms with Crippen molar-refractivity contribution >= 4 is 29.6 Å². The van der Waals surface area contributed by atoms with Gasteiger partial charge in [0.25, 0.3) is 0 Å². The van der Waals surface area contributed by atoms with E-state index in [0.717, 1.165) is 0 Å². The molecule has 1 aromatic heterocycles. The minimum Gasteiger partial charge on any atom is -0.480 e. The quantitative estimate of drug-likeness (QED) is 0.106. The van der Waals surface area contributed by atoms with Gasteiger partial charge in [-0.3, -0.25) is 19.2 Å². The van der Waals surface area contributed by atoms with E-state index in [1.54, 1.807) is 13.8 Å². The Balaban J connectivity index is 3.04. The second-order valence-electron chi connectivity index (χ2n) is 8.67. The maximum absolute atomic E-state index is 13.2. The lowest BCUT2D eigenvalue weighted by atomic mass is 9.97. The average molecular weight is 511 g/mol. The molecule has 0 radical (unpaired) electrons. The van der Waals surface area contributed by atoms with Crippen LogP contribution in [0.15, 0.2) is 12.5 Å². The molecular formula is C22H38N8O6. The van der Waals surface area contributed by atoms with Crippen molar-refractivity contribution in [3.8, 4) is 0 Å². The number of aromatic nitrogens is 2. The molecule has 0 spiro atoms. The van der Waals surface area contributed by atoms with E-state index >= 15 is 0 Å². The van der Waals surface area contributed by atoms with Crippen LogP contribution in [0.1, 0.15) is 51.6 Å². The first-order chi connectivity index (χ1) is 17.0. The van der Waals surface area contributed by atoms with Crippen LogP contribution in [-0.2, 0) is 30.4 Å². The molecule has 14 heteroatoms. The van der Waals surface area contributed by atoms with Gasteiger partial charge in [-0.2, -0.15) is 0 Å². The number of amides is 4. The standard InChI is InChI=1S/C22H38N8O6/c1-3-12(2)18(21(34)29-16(22(35)36)9-17(25)31)30-20(33)15(8-13-10-26-11-27-13)28-19(32)14(24)6-4-5-7-23/h10-12,14-16,18H,3-9,23-24H2,1-2H3,(H2,25,31)(H,26,27)(H,28,32)(H,29,34)(H,30,33)(H,35,36). The summed E-state index contributed by atoms with van der Waals surface area (Å²) in [7, 11) is 0. The van der Waals surface area contributed by atoms with Crippen LogP contribution in [0.4, 0.5) is 0 Å². The number of rotatable bonds is 17. The summed E-state index contributed by atoms with van der Waals surface area (Å²) in [4.78, 5) is 68.2. The smallest absolute Gasteiger partial charge is 0.326 e. The first-order valence-electron chi connectivity index (χ1n) is 11.8. The SMILES string of the molecule is CCC(C)C(NC(=O)C(Cc1cnc[nH]1)NC(=O)C(N)CCCCN)C(=O)NC(CC(N)=O)C(=O)O. The fraction of sp³-hybridized carbons (Fsp3) is 0.636. The average Bonchev–Trinajstić information content (AvgIpc) is 3.33. The van der Waals surface area contributed by atoms with Crippen LogP contribution in [-0.4, -0.2) is 75.4 Å². The van der Waals surface area contributed by atoms with Crippen molar-refractivity contribution in [3.05, 3.63) is 18.2 Å². The molecule has 11 N–H and O–H groups in total. The third-order valence-electron chi connectivity index (χ3n) is 5.73. The van der Waals surface area contributed by atoms with E-state index in [4.69, 9.17) is 17.2 Å². The van der Waals surface area contributed by atoms with E-state index < -0.39 is 66.1 Å². The highest BCUT2D eigenvalue weighted by Gasteiger charge is 2.33. The first kappa shape index (κ1) is 30.5. The number of nitrogens with zero attached hydrogens (tertiary/aromatic N) is 1. The second kappa shape index (κ2) is 15.5. The Morgan fingerprint density at radius 1 is 1.06 bits per heavy atom. The molecular weight excluding hydrogens is 472 g/mol. The molecule has 0 bridgehead atoms. The van der Waals surface area contributed by atoms with Crippen molar-refractivity contribution in [2.45, 2.75) is 76.5 Å². The summed E-state index contributed by atoms with van der Waals surface area (Å²) in [6.07, 6.45) is 4.56. The maximum atomic E-state index is 13.2. The van der Waals surface area contributed by atoms with Crippen LogP contribution in [0.2, 0.25) is 0 Å². The second-order valence-corrected chi connectivity index (χ2v) is 8.67. The molecule has 202 valence electrons. The van der Waals surface area contributed by atoms with E-state index in [-0.39, 0.29) is 6.42 Å². The molecule has 1 aromatic rings. The summed E-state index contributed by atoms with van der Waals surface area (Å²) < 4.78 is 0. The van der Waals surface area contributed by atoms with Gasteiger partial charge in [0.2, 0.25) is 23.6 Å². The van der Waals surface area contributed by atoms with E-state index in [0.29, 0.717) is 37.9 Å². The molecule has 0 saturated heterocycles. The molecule has 5 unspecified atom stereocenters. The third-order valence-corrected chi connectivity index (χ3v) is 5.73. The van der Waals surface area contributed by atoms with Crippen LogP contribution >= 0.6 is 0 Å². The minimum atomic E-state index is -1.55. The van der Waals surface area contributed by atoms with Crippen LogP contribution in [0.5, 0.6) is 0 Å². The van der Waals surface area contributed by atoms with Crippen molar-refractivity contribution in [2.24, 2.45) is 23.1 Å².